The summed E-state index contributed by atoms with van der Waals surface area (Å²) >= 11 is 1.51. The van der Waals surface area contributed by atoms with E-state index in [9.17, 15) is 9.59 Å². The van der Waals surface area contributed by atoms with Crippen molar-refractivity contribution in [1.29, 1.82) is 0 Å². The van der Waals surface area contributed by atoms with Crippen LogP contribution in [0.5, 0.6) is 0 Å². The van der Waals surface area contributed by atoms with Crippen molar-refractivity contribution in [2.75, 3.05) is 19.6 Å². The lowest BCUT2D eigenvalue weighted by Gasteiger charge is -2.32. The van der Waals surface area contributed by atoms with Gasteiger partial charge in [-0.05, 0) is 31.9 Å². The van der Waals surface area contributed by atoms with Gasteiger partial charge in [0, 0.05) is 37.0 Å². The quantitative estimate of drug-likeness (QED) is 0.879. The minimum absolute atomic E-state index is 0. The van der Waals surface area contributed by atoms with E-state index in [2.05, 4.69) is 5.32 Å². The lowest BCUT2D eigenvalue weighted by molar-refractivity contribution is -0.132. The number of hydrogen-bond acceptors (Lipinski definition) is 4. The first-order chi connectivity index (χ1) is 9.60. The first-order valence-corrected chi connectivity index (χ1v) is 7.77. The fourth-order valence-corrected chi connectivity index (χ4v) is 3.14. The Kier molecular flexibility index (Phi) is 7.14. The van der Waals surface area contributed by atoms with E-state index in [1.165, 1.54) is 11.3 Å². The summed E-state index contributed by atoms with van der Waals surface area (Å²) in [6.07, 6.45) is 2.03. The van der Waals surface area contributed by atoms with Crippen LogP contribution in [-0.4, -0.2) is 42.4 Å². The highest BCUT2D eigenvalue weighted by Gasteiger charge is 2.23. The van der Waals surface area contributed by atoms with Crippen molar-refractivity contribution < 1.29 is 9.59 Å². The predicted molar refractivity (Wildman–Crippen MR) is 87.0 cm³/mol. The molecule has 118 valence electrons. The van der Waals surface area contributed by atoms with Crippen molar-refractivity contribution in [3.8, 4) is 0 Å². The third-order valence-corrected chi connectivity index (χ3v) is 4.50. The second-order valence-corrected chi connectivity index (χ2v) is 6.37. The van der Waals surface area contributed by atoms with Gasteiger partial charge in [-0.15, -0.1) is 23.7 Å². The molecule has 0 bridgehead atoms. The maximum absolute atomic E-state index is 12.0. The van der Waals surface area contributed by atoms with Gasteiger partial charge in [0.05, 0.1) is 4.88 Å². The molecule has 0 spiro atoms. The average molecular weight is 332 g/mol. The monoisotopic (exact) mass is 331 g/mol. The number of hydrogen-bond donors (Lipinski definition) is 2. The highest BCUT2D eigenvalue weighted by atomic mass is 35.5. The molecule has 2 amide bonds. The number of likely N-dealkylation sites (tertiary alicyclic amines) is 1. The molecule has 0 aromatic carbocycles. The fraction of sp³-hybridized carbons (Fsp3) is 0.571. The normalized spacial score (nSPS) is 15.4. The molecule has 2 heterocycles. The summed E-state index contributed by atoms with van der Waals surface area (Å²) in [6.45, 7) is 3.79. The summed E-state index contributed by atoms with van der Waals surface area (Å²) in [7, 11) is 0. The summed E-state index contributed by atoms with van der Waals surface area (Å²) in [4.78, 5) is 27.5. The molecular weight excluding hydrogens is 310 g/mol. The van der Waals surface area contributed by atoms with E-state index < -0.39 is 0 Å². The third kappa shape index (κ3) is 4.98. The van der Waals surface area contributed by atoms with Crippen LogP contribution < -0.4 is 11.1 Å². The molecule has 21 heavy (non-hydrogen) atoms. The number of aryl methyl sites for hydroxylation is 1. The van der Waals surface area contributed by atoms with Gasteiger partial charge < -0.3 is 16.0 Å². The Labute approximate surface area is 135 Å². The molecule has 2 rings (SSSR count). The van der Waals surface area contributed by atoms with E-state index in [1.807, 2.05) is 24.0 Å². The number of carbonyl (C=O) groups excluding carboxylic acids is 2. The van der Waals surface area contributed by atoms with Gasteiger partial charge in [0.1, 0.15) is 0 Å². The Bertz CT molecular complexity index is 484. The molecule has 5 nitrogen and oxygen atoms in total. The number of nitrogens with two attached hydrogens (primary N) is 1. The van der Waals surface area contributed by atoms with Crippen LogP contribution in [0.15, 0.2) is 12.1 Å². The number of nitrogens with zero attached hydrogens (tertiary/aromatic N) is 1. The van der Waals surface area contributed by atoms with E-state index in [0.717, 1.165) is 22.6 Å². The van der Waals surface area contributed by atoms with Gasteiger partial charge in [-0.25, -0.2) is 0 Å². The summed E-state index contributed by atoms with van der Waals surface area (Å²) < 4.78 is 0. The second-order valence-electron chi connectivity index (χ2n) is 5.08. The number of halogens is 1. The van der Waals surface area contributed by atoms with Gasteiger partial charge >= 0.3 is 0 Å². The number of carbonyl (C=O) groups is 2. The Hall–Kier alpha value is -1.11. The molecule has 1 aliphatic rings. The smallest absolute Gasteiger partial charge is 0.261 e. The standard InChI is InChI=1S/C14H21N3O2S.ClH/c1-10-2-3-12(20-10)14(19)16-11-5-8-17(9-6-11)13(18)4-7-15;/h2-3,11H,4-9,15H2,1H3,(H,16,19);1H. The molecule has 0 aliphatic carbocycles. The number of piperidine rings is 1. The highest BCUT2D eigenvalue weighted by Crippen LogP contribution is 2.17. The van der Waals surface area contributed by atoms with E-state index in [4.69, 9.17) is 5.73 Å². The van der Waals surface area contributed by atoms with Gasteiger partial charge in [0.25, 0.3) is 5.91 Å². The van der Waals surface area contributed by atoms with E-state index in [1.54, 1.807) is 0 Å². The zero-order chi connectivity index (χ0) is 14.5. The molecule has 1 aromatic rings. The van der Waals surface area contributed by atoms with Gasteiger partial charge in [0.15, 0.2) is 0 Å². The zero-order valence-corrected chi connectivity index (χ0v) is 13.8. The van der Waals surface area contributed by atoms with Gasteiger partial charge in [-0.2, -0.15) is 0 Å². The van der Waals surface area contributed by atoms with Crippen LogP contribution in [0.1, 0.15) is 33.8 Å². The minimum atomic E-state index is -0.00478. The third-order valence-electron chi connectivity index (χ3n) is 3.51. The second kappa shape index (κ2) is 8.36. The number of nitrogens with one attached hydrogen (secondary N) is 1. The van der Waals surface area contributed by atoms with Crippen LogP contribution >= 0.6 is 23.7 Å². The largest absolute Gasteiger partial charge is 0.348 e. The lowest BCUT2D eigenvalue weighted by atomic mass is 10.0. The minimum Gasteiger partial charge on any atom is -0.348 e. The number of thiophene rings is 1. The van der Waals surface area contributed by atoms with Crippen LogP contribution in [0.3, 0.4) is 0 Å². The maximum Gasteiger partial charge on any atom is 0.261 e. The van der Waals surface area contributed by atoms with Crippen LogP contribution in [-0.2, 0) is 4.79 Å². The van der Waals surface area contributed by atoms with Gasteiger partial charge in [-0.1, -0.05) is 0 Å². The SMILES string of the molecule is Cc1ccc(C(=O)NC2CCN(C(=O)CCN)CC2)s1.Cl. The van der Waals surface area contributed by atoms with E-state index in [0.29, 0.717) is 26.1 Å². The van der Waals surface area contributed by atoms with E-state index >= 15 is 0 Å². The van der Waals surface area contributed by atoms with Gasteiger partial charge in [0.2, 0.25) is 5.91 Å². The number of rotatable bonds is 4. The van der Waals surface area contributed by atoms with Crippen LogP contribution in [0.25, 0.3) is 0 Å². The van der Waals surface area contributed by atoms with Crippen LogP contribution in [0.2, 0.25) is 0 Å². The predicted octanol–water partition coefficient (Wildman–Crippen LogP) is 1.55. The number of amides is 2. The summed E-state index contributed by atoms with van der Waals surface area (Å²) in [5.41, 5.74) is 5.39. The molecule has 1 saturated heterocycles. The van der Waals surface area contributed by atoms with Crippen LogP contribution in [0, 0.1) is 6.92 Å². The topological polar surface area (TPSA) is 75.4 Å². The molecule has 1 fully saturated rings. The molecule has 0 unspecified atom stereocenters. The molecule has 3 N–H and O–H groups in total. The Morgan fingerprint density at radius 2 is 2.05 bits per heavy atom. The van der Waals surface area contributed by atoms with Crippen molar-refractivity contribution >= 4 is 35.6 Å². The highest BCUT2D eigenvalue weighted by molar-refractivity contribution is 7.13. The molecule has 0 radical (unpaired) electrons. The molecule has 0 atom stereocenters. The summed E-state index contributed by atoms with van der Waals surface area (Å²) in [5, 5.41) is 3.05. The molecule has 7 heteroatoms. The van der Waals surface area contributed by atoms with Gasteiger partial charge in [-0.3, -0.25) is 9.59 Å². The van der Waals surface area contributed by atoms with Crippen molar-refractivity contribution in [2.24, 2.45) is 5.73 Å². The maximum atomic E-state index is 12.0. The first-order valence-electron chi connectivity index (χ1n) is 6.95. The van der Waals surface area contributed by atoms with E-state index in [-0.39, 0.29) is 30.3 Å². The summed E-state index contributed by atoms with van der Waals surface area (Å²) in [5.74, 6) is 0.112. The van der Waals surface area contributed by atoms with Crippen molar-refractivity contribution in [3.63, 3.8) is 0 Å². The lowest BCUT2D eigenvalue weighted by Crippen LogP contribution is -2.46. The molecule has 1 aromatic heterocycles. The Morgan fingerprint density at radius 1 is 1.38 bits per heavy atom. The van der Waals surface area contributed by atoms with Crippen molar-refractivity contribution in [1.82, 2.24) is 10.2 Å². The van der Waals surface area contributed by atoms with Crippen LogP contribution in [0.4, 0.5) is 0 Å². The first kappa shape index (κ1) is 17.9. The summed E-state index contributed by atoms with van der Waals surface area (Å²) in [6, 6.07) is 3.97. The Morgan fingerprint density at radius 3 is 2.57 bits per heavy atom. The molecule has 1 aliphatic heterocycles. The Balaban J connectivity index is 0.00000220. The molecular formula is C14H22ClN3O2S. The fourth-order valence-electron chi connectivity index (χ4n) is 2.37. The van der Waals surface area contributed by atoms with Crippen molar-refractivity contribution in [2.45, 2.75) is 32.2 Å². The average Bonchev–Trinajstić information content (AvgIpc) is 2.86. The van der Waals surface area contributed by atoms with Crippen molar-refractivity contribution in [3.05, 3.63) is 21.9 Å². The molecule has 0 saturated carbocycles. The zero-order valence-electron chi connectivity index (χ0n) is 12.1.